The van der Waals surface area contributed by atoms with E-state index >= 15 is 0 Å². The Morgan fingerprint density at radius 1 is 1.00 bits per heavy atom. The van der Waals surface area contributed by atoms with Crippen molar-refractivity contribution in [3.63, 3.8) is 0 Å². The number of aliphatic hydroxyl groups is 1. The molecule has 4 fully saturated rings. The van der Waals surface area contributed by atoms with E-state index in [2.05, 4.69) is 16.0 Å². The number of carbonyl (C=O) groups excluding carboxylic acids is 5. The Hall–Kier alpha value is -3.83. The fourth-order valence-corrected chi connectivity index (χ4v) is 9.43. The standard InChI is InChI=1S/C42H64N4O12/c1-11-30-42(8)35(45-40(52)58-42)24(4)32(48)22(2)19-41(7)36(56-38-33(49)29(46(9)10)17-23(3)54-38)25(5)34(26(6)37(50)55-30)53-21-27(20-43-39(51)57-41)18-31(47)44-28-15-13-12-14-16-28/h12-16,22-27,29-30,33-36,38,49H,11,17-21H2,1-10H3,(H,43,51)(H,44,47)(H,45,52)/t22-,23-,24+,25+,26-,27?,29+,30-,33-,34+,35+,36-,38+,41-,42-/m1/s1. The fourth-order valence-electron chi connectivity index (χ4n) is 9.43. The molecule has 58 heavy (non-hydrogen) atoms. The van der Waals surface area contributed by atoms with Crippen LogP contribution in [0.3, 0.4) is 0 Å². The molecule has 16 nitrogen and oxygen atoms in total. The summed E-state index contributed by atoms with van der Waals surface area (Å²) in [6.07, 6.45) is -6.57. The second-order valence-corrected chi connectivity index (χ2v) is 17.5. The first kappa shape index (κ1) is 45.3. The van der Waals surface area contributed by atoms with Gasteiger partial charge in [0.05, 0.1) is 30.8 Å². The van der Waals surface area contributed by atoms with Gasteiger partial charge in [-0.2, -0.15) is 0 Å². The molecule has 1 unspecified atom stereocenters. The van der Waals surface area contributed by atoms with E-state index in [0.29, 0.717) is 12.1 Å². The number of anilines is 1. The van der Waals surface area contributed by atoms with Crippen LogP contribution in [0.4, 0.5) is 15.3 Å². The second-order valence-electron chi connectivity index (χ2n) is 17.5. The van der Waals surface area contributed by atoms with E-state index in [9.17, 15) is 29.1 Å². The molecule has 4 N–H and O–H groups in total. The van der Waals surface area contributed by atoms with Crippen molar-refractivity contribution < 1.29 is 57.5 Å². The Morgan fingerprint density at radius 2 is 1.69 bits per heavy atom. The first-order valence-electron chi connectivity index (χ1n) is 20.6. The summed E-state index contributed by atoms with van der Waals surface area (Å²) in [6.45, 7) is 13.8. The third-order valence-corrected chi connectivity index (χ3v) is 12.6. The molecule has 1 aromatic rings. The molecule has 5 rings (SSSR count). The predicted molar refractivity (Wildman–Crippen MR) is 211 cm³/mol. The number of aliphatic hydroxyl groups excluding tert-OH is 1. The number of ether oxygens (including phenoxy) is 6. The number of rotatable bonds is 7. The smallest absolute Gasteiger partial charge is 0.408 e. The molecule has 4 saturated heterocycles. The van der Waals surface area contributed by atoms with Gasteiger partial charge < -0.3 is 54.4 Å². The molecule has 1 aromatic carbocycles. The summed E-state index contributed by atoms with van der Waals surface area (Å²) in [5.74, 6) is -5.17. The molecule has 4 aliphatic rings. The van der Waals surface area contributed by atoms with E-state index in [4.69, 9.17) is 28.4 Å². The number of esters is 1. The lowest BCUT2D eigenvalue weighted by Crippen LogP contribution is -2.61. The number of Topliss-reactive ketones (excluding diaryl/α,β-unsaturated/α-hetero) is 1. The number of likely N-dealkylation sites (N-methyl/N-ethyl adjacent to an activating group) is 1. The second kappa shape index (κ2) is 18.6. The fraction of sp³-hybridized carbons (Fsp3) is 0.738. The summed E-state index contributed by atoms with van der Waals surface area (Å²) in [7, 11) is 3.71. The highest BCUT2D eigenvalue weighted by Gasteiger charge is 2.58. The zero-order valence-corrected chi connectivity index (χ0v) is 35.5. The molecule has 16 heteroatoms. The van der Waals surface area contributed by atoms with Crippen LogP contribution in [0.15, 0.2) is 30.3 Å². The van der Waals surface area contributed by atoms with E-state index in [1.807, 2.05) is 32.0 Å². The molecule has 3 amide bonds. The van der Waals surface area contributed by atoms with Crippen LogP contribution in [0.1, 0.15) is 81.1 Å². The largest absolute Gasteiger partial charge is 0.458 e. The zero-order chi connectivity index (χ0) is 42.7. The van der Waals surface area contributed by atoms with Crippen LogP contribution in [0.25, 0.3) is 0 Å². The molecule has 0 aromatic heterocycles. The molecule has 0 saturated carbocycles. The lowest BCUT2D eigenvalue weighted by atomic mass is 9.73. The quantitative estimate of drug-likeness (QED) is 0.227. The highest BCUT2D eigenvalue weighted by atomic mass is 16.7. The molecular formula is C42H64N4O12. The van der Waals surface area contributed by atoms with E-state index < -0.39 is 95.7 Å². The van der Waals surface area contributed by atoms with Crippen LogP contribution < -0.4 is 16.0 Å². The van der Waals surface area contributed by atoms with Crippen LogP contribution in [0.5, 0.6) is 0 Å². The third-order valence-electron chi connectivity index (χ3n) is 12.6. The predicted octanol–water partition coefficient (Wildman–Crippen LogP) is 4.03. The van der Waals surface area contributed by atoms with Gasteiger partial charge in [-0.15, -0.1) is 0 Å². The number of fused-ring (bicyclic) bond motifs is 4. The minimum absolute atomic E-state index is 0.0183. The molecular weight excluding hydrogens is 752 g/mol. The Balaban J connectivity index is 1.61. The van der Waals surface area contributed by atoms with Crippen LogP contribution in [-0.4, -0.2) is 127 Å². The van der Waals surface area contributed by atoms with Gasteiger partial charge in [-0.3, -0.25) is 14.4 Å². The number of nitrogens with one attached hydrogen (secondary N) is 3. The number of para-hydroxylation sites is 1. The number of carbonyl (C=O) groups is 5. The number of amides is 3. The van der Waals surface area contributed by atoms with Crippen LogP contribution in [0.2, 0.25) is 0 Å². The third kappa shape index (κ3) is 9.95. The number of nitrogens with zero attached hydrogens (tertiary/aromatic N) is 1. The Bertz CT molecular complexity index is 1630. The van der Waals surface area contributed by atoms with Gasteiger partial charge in [0, 0.05) is 48.4 Å². The molecule has 4 heterocycles. The Kier molecular flexibility index (Phi) is 14.5. The van der Waals surface area contributed by atoms with E-state index in [0.717, 1.165) is 0 Å². The summed E-state index contributed by atoms with van der Waals surface area (Å²) in [5.41, 5.74) is -2.41. The Morgan fingerprint density at radius 3 is 2.34 bits per heavy atom. The maximum atomic E-state index is 14.5. The molecule has 4 aliphatic heterocycles. The van der Waals surface area contributed by atoms with E-state index in [1.165, 1.54) is 0 Å². The maximum absolute atomic E-state index is 14.5. The average molecular weight is 817 g/mol. The van der Waals surface area contributed by atoms with Crippen molar-refractivity contribution in [2.45, 2.75) is 141 Å². The van der Waals surface area contributed by atoms with Crippen molar-refractivity contribution in [3.8, 4) is 0 Å². The van der Waals surface area contributed by atoms with Crippen LogP contribution in [-0.2, 0) is 42.8 Å². The summed E-state index contributed by atoms with van der Waals surface area (Å²) >= 11 is 0. The number of hydrogen-bond acceptors (Lipinski definition) is 13. The SMILES string of the molecule is CC[C@H]1OC(=O)[C@H](C)[C@H]2OCC(CC(=O)Nc3ccccc3)CNC(=O)O[C@](C)(C[C@@H](C)C(=O)[C@H](C)[C@@H]3NC(=O)O[C@]13C)[C@H](O[C@@H]1O[C@H](C)C[C@H](N(C)C)[C@H]1O)[C@H]2C. The van der Waals surface area contributed by atoms with Crippen molar-refractivity contribution in [1.29, 1.82) is 0 Å². The molecule has 0 aliphatic carbocycles. The summed E-state index contributed by atoms with van der Waals surface area (Å²) in [6, 6.07) is 7.77. The van der Waals surface area contributed by atoms with Gasteiger partial charge >= 0.3 is 18.2 Å². The number of hydrogen-bond donors (Lipinski definition) is 4. The minimum Gasteiger partial charge on any atom is -0.458 e. The number of benzene rings is 1. The molecule has 0 spiro atoms. The normalized spacial score (nSPS) is 40.4. The highest BCUT2D eigenvalue weighted by molar-refractivity contribution is 5.91. The van der Waals surface area contributed by atoms with Gasteiger partial charge in [-0.25, -0.2) is 9.59 Å². The molecule has 2 bridgehead atoms. The summed E-state index contributed by atoms with van der Waals surface area (Å²) in [4.78, 5) is 70.9. The van der Waals surface area contributed by atoms with Gasteiger partial charge in [-0.1, -0.05) is 45.9 Å². The maximum Gasteiger partial charge on any atom is 0.408 e. The van der Waals surface area contributed by atoms with Crippen molar-refractivity contribution in [2.75, 3.05) is 32.6 Å². The first-order chi connectivity index (χ1) is 27.3. The van der Waals surface area contributed by atoms with E-state index in [-0.39, 0.29) is 56.3 Å². The lowest BCUT2D eigenvalue weighted by Gasteiger charge is -2.48. The molecule has 324 valence electrons. The van der Waals surface area contributed by atoms with Gasteiger partial charge in [-0.05, 0) is 73.2 Å². The molecule has 0 radical (unpaired) electrons. The first-order valence-corrected chi connectivity index (χ1v) is 20.6. The number of cyclic esters (lactones) is 1. The lowest BCUT2D eigenvalue weighted by molar-refractivity contribution is -0.299. The highest BCUT2D eigenvalue weighted by Crippen LogP contribution is 2.42. The van der Waals surface area contributed by atoms with Gasteiger partial charge in [0.15, 0.2) is 11.9 Å². The average Bonchev–Trinajstić information content (AvgIpc) is 3.47. The van der Waals surface area contributed by atoms with Crippen molar-refractivity contribution in [1.82, 2.24) is 15.5 Å². The van der Waals surface area contributed by atoms with Gasteiger partial charge in [0.1, 0.15) is 29.7 Å². The monoisotopic (exact) mass is 816 g/mol. The molecule has 15 atom stereocenters. The zero-order valence-electron chi connectivity index (χ0n) is 35.5. The minimum atomic E-state index is -1.61. The van der Waals surface area contributed by atoms with Gasteiger partial charge in [0.25, 0.3) is 0 Å². The number of alkyl carbamates (subject to hydrolysis) is 2. The topological polar surface area (TPSA) is 200 Å². The number of ketones is 1. The van der Waals surface area contributed by atoms with Gasteiger partial charge in [0.2, 0.25) is 5.91 Å². The van der Waals surface area contributed by atoms with Crippen molar-refractivity contribution in [2.24, 2.45) is 29.6 Å². The van der Waals surface area contributed by atoms with Crippen molar-refractivity contribution >= 4 is 35.5 Å². The summed E-state index contributed by atoms with van der Waals surface area (Å²) < 4.78 is 38.2. The van der Waals surface area contributed by atoms with Crippen LogP contribution in [0, 0.1) is 29.6 Å². The van der Waals surface area contributed by atoms with E-state index in [1.54, 1.807) is 72.7 Å². The van der Waals surface area contributed by atoms with Crippen LogP contribution >= 0.6 is 0 Å². The van der Waals surface area contributed by atoms with Crippen molar-refractivity contribution in [3.05, 3.63) is 30.3 Å². The Labute approximate surface area is 341 Å². The summed E-state index contributed by atoms with van der Waals surface area (Å²) in [5, 5.41) is 20.1.